The van der Waals surface area contributed by atoms with Crippen LogP contribution in [0.2, 0.25) is 0 Å². The van der Waals surface area contributed by atoms with Crippen LogP contribution in [0.1, 0.15) is 45.2 Å². The number of esters is 1. The van der Waals surface area contributed by atoms with Gasteiger partial charge < -0.3 is 14.8 Å². The van der Waals surface area contributed by atoms with Gasteiger partial charge in [-0.15, -0.1) is 5.10 Å². The molecule has 0 aliphatic carbocycles. The molecule has 1 atom stereocenters. The van der Waals surface area contributed by atoms with E-state index in [0.717, 1.165) is 29.9 Å². The number of hydrogen-bond donors (Lipinski definition) is 1. The van der Waals surface area contributed by atoms with Crippen molar-refractivity contribution in [3.05, 3.63) is 53.8 Å². The predicted molar refractivity (Wildman–Crippen MR) is 119 cm³/mol. The number of ether oxygens (including phenoxy) is 2. The van der Waals surface area contributed by atoms with Crippen molar-refractivity contribution in [2.75, 3.05) is 24.3 Å². The molecule has 0 spiro atoms. The molecule has 0 amide bonds. The molecule has 1 unspecified atom stereocenters. The topological polar surface area (TPSA) is 78.3 Å². The standard InChI is InChI=1S/C22H28N4O3S/c1-5-8-13-28-17-11-9-10-16(14-17)19-18(20(27)29-12-6-2)15(4)23-21-24-22(30-7-3)25-26(19)21/h6,9-11,14,19H,2,5,7-8,12-13H2,1,3-4H3,(H,23,24,25). The van der Waals surface area contributed by atoms with Crippen molar-refractivity contribution in [3.8, 4) is 5.75 Å². The Labute approximate surface area is 181 Å². The summed E-state index contributed by atoms with van der Waals surface area (Å²) in [4.78, 5) is 17.5. The number of nitrogens with one attached hydrogen (secondary N) is 1. The largest absolute Gasteiger partial charge is 0.494 e. The van der Waals surface area contributed by atoms with Crippen molar-refractivity contribution in [2.24, 2.45) is 0 Å². The lowest BCUT2D eigenvalue weighted by Crippen LogP contribution is -2.29. The molecule has 160 valence electrons. The molecule has 0 saturated heterocycles. The van der Waals surface area contributed by atoms with Gasteiger partial charge in [0.2, 0.25) is 11.1 Å². The zero-order valence-electron chi connectivity index (χ0n) is 17.7. The van der Waals surface area contributed by atoms with E-state index in [-0.39, 0.29) is 6.61 Å². The van der Waals surface area contributed by atoms with Gasteiger partial charge in [-0.2, -0.15) is 4.98 Å². The van der Waals surface area contributed by atoms with Gasteiger partial charge >= 0.3 is 5.97 Å². The lowest BCUT2D eigenvalue weighted by Gasteiger charge is -2.28. The summed E-state index contributed by atoms with van der Waals surface area (Å²) in [5, 5.41) is 8.51. The number of carbonyl (C=O) groups is 1. The smallest absolute Gasteiger partial charge is 0.338 e. The SMILES string of the molecule is C=CCOC(=O)C1=C(C)Nc2nc(SCC)nn2C1c1cccc(OCCCC)c1. The van der Waals surface area contributed by atoms with Crippen molar-refractivity contribution in [1.29, 1.82) is 0 Å². The van der Waals surface area contributed by atoms with Crippen LogP contribution in [-0.2, 0) is 9.53 Å². The summed E-state index contributed by atoms with van der Waals surface area (Å²) in [6.07, 6.45) is 3.61. The molecular weight excluding hydrogens is 400 g/mol. The summed E-state index contributed by atoms with van der Waals surface area (Å²) in [5.41, 5.74) is 2.07. The third kappa shape index (κ3) is 4.87. The number of thioether (sulfide) groups is 1. The molecule has 1 aliphatic rings. The molecule has 1 N–H and O–H groups in total. The molecule has 0 saturated carbocycles. The van der Waals surface area contributed by atoms with Gasteiger partial charge in [0.05, 0.1) is 12.2 Å². The molecule has 7 nitrogen and oxygen atoms in total. The summed E-state index contributed by atoms with van der Waals surface area (Å²) in [5.74, 6) is 1.81. The molecular formula is C22H28N4O3S. The van der Waals surface area contributed by atoms with E-state index in [1.165, 1.54) is 0 Å². The van der Waals surface area contributed by atoms with Crippen molar-refractivity contribution in [1.82, 2.24) is 14.8 Å². The first-order valence-corrected chi connectivity index (χ1v) is 11.2. The van der Waals surface area contributed by atoms with Crippen LogP contribution in [0.4, 0.5) is 5.95 Å². The first kappa shape index (κ1) is 22.0. The van der Waals surface area contributed by atoms with E-state index >= 15 is 0 Å². The Bertz CT molecular complexity index is 938. The fourth-order valence-electron chi connectivity index (χ4n) is 3.22. The van der Waals surface area contributed by atoms with E-state index in [9.17, 15) is 4.79 Å². The summed E-state index contributed by atoms with van der Waals surface area (Å²) < 4.78 is 13.0. The Balaban J connectivity index is 2.03. The second kappa shape index (κ2) is 10.3. The van der Waals surface area contributed by atoms with Crippen LogP contribution >= 0.6 is 11.8 Å². The Morgan fingerprint density at radius 1 is 1.40 bits per heavy atom. The van der Waals surface area contributed by atoms with Crippen molar-refractivity contribution in [2.45, 2.75) is 44.8 Å². The zero-order chi connectivity index (χ0) is 21.5. The van der Waals surface area contributed by atoms with Gasteiger partial charge in [-0.1, -0.05) is 56.8 Å². The minimum atomic E-state index is -0.466. The van der Waals surface area contributed by atoms with Crippen molar-refractivity contribution in [3.63, 3.8) is 0 Å². The number of rotatable bonds is 10. The summed E-state index contributed by atoms with van der Waals surface area (Å²) in [6, 6.07) is 7.31. The third-order valence-corrected chi connectivity index (χ3v) is 5.32. The number of allylic oxidation sites excluding steroid dienone is 1. The molecule has 2 aromatic rings. The fourth-order valence-corrected chi connectivity index (χ4v) is 3.77. The molecule has 3 rings (SSSR count). The van der Waals surface area contributed by atoms with Gasteiger partial charge in [-0.25, -0.2) is 9.48 Å². The number of unbranched alkanes of at least 4 members (excludes halogenated alkanes) is 1. The van der Waals surface area contributed by atoms with E-state index in [2.05, 4.69) is 28.9 Å². The molecule has 30 heavy (non-hydrogen) atoms. The van der Waals surface area contributed by atoms with Crippen LogP contribution in [0.25, 0.3) is 0 Å². The molecule has 1 aliphatic heterocycles. The Kier molecular flexibility index (Phi) is 7.57. The third-order valence-electron chi connectivity index (χ3n) is 4.60. The normalized spacial score (nSPS) is 15.4. The highest BCUT2D eigenvalue weighted by Crippen LogP contribution is 2.37. The minimum absolute atomic E-state index is 0.143. The monoisotopic (exact) mass is 428 g/mol. The van der Waals surface area contributed by atoms with Crippen LogP contribution in [0.3, 0.4) is 0 Å². The highest BCUT2D eigenvalue weighted by Gasteiger charge is 2.35. The fraction of sp³-hybridized carbons (Fsp3) is 0.409. The van der Waals surface area contributed by atoms with Gasteiger partial charge in [0.25, 0.3) is 0 Å². The predicted octanol–water partition coefficient (Wildman–Crippen LogP) is 4.59. The number of aromatic nitrogens is 3. The van der Waals surface area contributed by atoms with E-state index in [1.54, 1.807) is 22.5 Å². The second-order valence-corrected chi connectivity index (χ2v) is 8.05. The first-order valence-electron chi connectivity index (χ1n) is 10.2. The number of hydrogen-bond acceptors (Lipinski definition) is 7. The average molecular weight is 429 g/mol. The summed E-state index contributed by atoms with van der Waals surface area (Å²) in [7, 11) is 0. The van der Waals surface area contributed by atoms with Crippen LogP contribution in [-0.4, -0.2) is 39.7 Å². The van der Waals surface area contributed by atoms with Crippen LogP contribution in [0, 0.1) is 0 Å². The maximum atomic E-state index is 12.9. The number of fused-ring (bicyclic) bond motifs is 1. The first-order chi connectivity index (χ1) is 14.6. The van der Waals surface area contributed by atoms with Gasteiger partial charge in [-0.05, 0) is 36.8 Å². The number of anilines is 1. The number of benzene rings is 1. The Morgan fingerprint density at radius 3 is 2.97 bits per heavy atom. The molecule has 2 heterocycles. The average Bonchev–Trinajstić information content (AvgIpc) is 3.13. The van der Waals surface area contributed by atoms with E-state index in [1.807, 2.05) is 38.1 Å². The highest BCUT2D eigenvalue weighted by atomic mass is 32.2. The van der Waals surface area contributed by atoms with Gasteiger partial charge in [0.1, 0.15) is 18.4 Å². The molecule has 0 bridgehead atoms. The number of carbonyl (C=O) groups excluding carboxylic acids is 1. The van der Waals surface area contributed by atoms with E-state index in [4.69, 9.17) is 9.47 Å². The second-order valence-electron chi connectivity index (χ2n) is 6.82. The Hall–Kier alpha value is -2.74. The van der Waals surface area contributed by atoms with E-state index < -0.39 is 12.0 Å². The summed E-state index contributed by atoms with van der Waals surface area (Å²) >= 11 is 1.55. The zero-order valence-corrected chi connectivity index (χ0v) is 18.5. The van der Waals surface area contributed by atoms with Gasteiger partial charge in [0, 0.05) is 5.70 Å². The molecule has 0 fully saturated rings. The molecule has 1 aromatic heterocycles. The molecule has 1 aromatic carbocycles. The number of nitrogens with zero attached hydrogens (tertiary/aromatic N) is 3. The van der Waals surface area contributed by atoms with Gasteiger partial charge in [0.15, 0.2) is 0 Å². The van der Waals surface area contributed by atoms with Crippen molar-refractivity contribution >= 4 is 23.7 Å². The van der Waals surface area contributed by atoms with Gasteiger partial charge in [-0.3, -0.25) is 0 Å². The van der Waals surface area contributed by atoms with E-state index in [0.29, 0.717) is 29.0 Å². The van der Waals surface area contributed by atoms with Crippen molar-refractivity contribution < 1.29 is 14.3 Å². The molecule has 0 radical (unpaired) electrons. The lowest BCUT2D eigenvalue weighted by molar-refractivity contribution is -0.138. The Morgan fingerprint density at radius 2 is 2.23 bits per heavy atom. The maximum absolute atomic E-state index is 12.9. The quantitative estimate of drug-likeness (QED) is 0.257. The highest BCUT2D eigenvalue weighted by molar-refractivity contribution is 7.99. The molecule has 8 heteroatoms. The minimum Gasteiger partial charge on any atom is -0.494 e. The maximum Gasteiger partial charge on any atom is 0.338 e. The summed E-state index contributed by atoms with van der Waals surface area (Å²) in [6.45, 7) is 10.4. The lowest BCUT2D eigenvalue weighted by atomic mass is 9.95. The van der Waals surface area contributed by atoms with Crippen LogP contribution < -0.4 is 10.1 Å². The van der Waals surface area contributed by atoms with Crippen LogP contribution in [0.5, 0.6) is 5.75 Å². The van der Waals surface area contributed by atoms with Crippen LogP contribution in [0.15, 0.2) is 53.3 Å².